The van der Waals surface area contributed by atoms with Crippen LogP contribution < -0.4 is 0 Å². The Balaban J connectivity index is 1.80. The van der Waals surface area contributed by atoms with E-state index in [4.69, 9.17) is 10.4 Å². The summed E-state index contributed by atoms with van der Waals surface area (Å²) in [6.45, 7) is 2.28. The summed E-state index contributed by atoms with van der Waals surface area (Å²) in [4.78, 5) is 4.20. The zero-order valence-corrected chi connectivity index (χ0v) is 13.9. The summed E-state index contributed by atoms with van der Waals surface area (Å²) in [6, 6.07) is 14.2. The first-order chi connectivity index (χ1) is 12.2. The van der Waals surface area contributed by atoms with Crippen molar-refractivity contribution in [3.05, 3.63) is 64.5 Å². The Bertz CT molecular complexity index is 1030. The lowest BCUT2D eigenvalue weighted by Gasteiger charge is -2.06. The number of benzene rings is 1. The van der Waals surface area contributed by atoms with Crippen LogP contribution in [-0.4, -0.2) is 19.3 Å². The number of nitriles is 2. The van der Waals surface area contributed by atoms with E-state index >= 15 is 0 Å². The van der Waals surface area contributed by atoms with Crippen LogP contribution in [0, 0.1) is 29.6 Å². The van der Waals surface area contributed by atoms with Gasteiger partial charge in [0.05, 0.1) is 17.9 Å². The molecule has 25 heavy (non-hydrogen) atoms. The number of imidazole rings is 1. The topological polar surface area (TPSA) is 83.2 Å². The molecule has 1 aliphatic carbocycles. The Morgan fingerprint density at radius 3 is 2.64 bits per heavy atom. The van der Waals surface area contributed by atoms with Gasteiger partial charge < -0.3 is 4.57 Å². The number of hydrogen-bond donors (Lipinski definition) is 0. The van der Waals surface area contributed by atoms with Crippen molar-refractivity contribution in [2.45, 2.75) is 32.7 Å². The molecule has 1 aromatic carbocycles. The van der Waals surface area contributed by atoms with Gasteiger partial charge in [0.1, 0.15) is 18.0 Å². The summed E-state index contributed by atoms with van der Waals surface area (Å²) in [6.07, 6.45) is 3.12. The first-order valence-electron chi connectivity index (χ1n) is 8.25. The normalized spacial score (nSPS) is 12.6. The number of rotatable bonds is 3. The van der Waals surface area contributed by atoms with Gasteiger partial charge >= 0.3 is 0 Å². The molecule has 6 nitrogen and oxygen atoms in total. The highest BCUT2D eigenvalue weighted by atomic mass is 15.3. The highest BCUT2D eigenvalue weighted by Gasteiger charge is 2.25. The zero-order chi connectivity index (χ0) is 17.4. The van der Waals surface area contributed by atoms with Crippen molar-refractivity contribution < 1.29 is 0 Å². The van der Waals surface area contributed by atoms with E-state index in [2.05, 4.69) is 11.1 Å². The third-order valence-electron chi connectivity index (χ3n) is 4.69. The second-order valence-electron chi connectivity index (χ2n) is 6.14. The molecule has 2 aromatic heterocycles. The molecule has 1 aliphatic rings. The van der Waals surface area contributed by atoms with Crippen molar-refractivity contribution in [3.8, 4) is 17.8 Å². The summed E-state index contributed by atoms with van der Waals surface area (Å²) >= 11 is 0. The van der Waals surface area contributed by atoms with Crippen LogP contribution in [0.3, 0.4) is 0 Å². The Morgan fingerprint density at radius 2 is 1.92 bits per heavy atom. The molecule has 0 spiro atoms. The summed E-state index contributed by atoms with van der Waals surface area (Å²) in [5.74, 6) is 0.661. The fourth-order valence-corrected chi connectivity index (χ4v) is 3.52. The van der Waals surface area contributed by atoms with Gasteiger partial charge in [0.25, 0.3) is 0 Å². The molecule has 0 atom stereocenters. The van der Waals surface area contributed by atoms with Gasteiger partial charge in [-0.3, -0.25) is 0 Å². The van der Waals surface area contributed by atoms with E-state index in [1.165, 1.54) is 11.3 Å². The standard InChI is InChI=1S/C19H16N6/c1-13-22-16(10-20)19(11-21)24(13)12-17-15-8-5-9-18(15)25(23-17)14-6-3-2-4-7-14/h2-4,6-7H,5,8-9,12H2,1H3. The molecule has 3 aromatic rings. The van der Waals surface area contributed by atoms with Crippen LogP contribution in [0.15, 0.2) is 30.3 Å². The summed E-state index contributed by atoms with van der Waals surface area (Å²) in [7, 11) is 0. The average molecular weight is 328 g/mol. The van der Waals surface area contributed by atoms with Gasteiger partial charge in [-0.25, -0.2) is 9.67 Å². The van der Waals surface area contributed by atoms with E-state index in [1.807, 2.05) is 48.0 Å². The summed E-state index contributed by atoms with van der Waals surface area (Å²) in [5, 5.41) is 23.4. The van der Waals surface area contributed by atoms with Crippen LogP contribution in [0.5, 0.6) is 0 Å². The Hall–Kier alpha value is -3.38. The Morgan fingerprint density at radius 1 is 1.12 bits per heavy atom. The molecule has 0 saturated carbocycles. The molecular weight excluding hydrogens is 312 g/mol. The van der Waals surface area contributed by atoms with Crippen LogP contribution >= 0.6 is 0 Å². The maximum atomic E-state index is 9.41. The van der Waals surface area contributed by atoms with Gasteiger partial charge in [0.2, 0.25) is 0 Å². The number of aryl methyl sites for hydroxylation is 1. The maximum absolute atomic E-state index is 9.41. The first-order valence-corrected chi connectivity index (χ1v) is 8.25. The minimum atomic E-state index is 0.180. The third-order valence-corrected chi connectivity index (χ3v) is 4.69. The number of fused-ring (bicyclic) bond motifs is 1. The first kappa shape index (κ1) is 15.2. The minimum absolute atomic E-state index is 0.180. The van der Waals surface area contributed by atoms with Crippen LogP contribution in [0.2, 0.25) is 0 Å². The van der Waals surface area contributed by atoms with Gasteiger partial charge in [-0.15, -0.1) is 0 Å². The number of aromatic nitrogens is 4. The van der Waals surface area contributed by atoms with E-state index in [9.17, 15) is 5.26 Å². The van der Waals surface area contributed by atoms with E-state index < -0.39 is 0 Å². The van der Waals surface area contributed by atoms with Crippen molar-refractivity contribution in [2.75, 3.05) is 0 Å². The van der Waals surface area contributed by atoms with Gasteiger partial charge in [0, 0.05) is 5.69 Å². The molecular formula is C19H16N6. The molecule has 0 radical (unpaired) electrons. The highest BCUT2D eigenvalue weighted by Crippen LogP contribution is 2.28. The highest BCUT2D eigenvalue weighted by molar-refractivity contribution is 5.42. The summed E-state index contributed by atoms with van der Waals surface area (Å²) in [5.41, 5.74) is 5.00. The predicted octanol–water partition coefficient (Wildman–Crippen LogP) is 2.66. The van der Waals surface area contributed by atoms with E-state index in [-0.39, 0.29) is 5.69 Å². The molecule has 0 amide bonds. The van der Waals surface area contributed by atoms with Crippen molar-refractivity contribution in [1.29, 1.82) is 10.5 Å². The monoisotopic (exact) mass is 328 g/mol. The van der Waals surface area contributed by atoms with E-state index in [1.54, 1.807) is 4.57 Å². The van der Waals surface area contributed by atoms with Crippen LogP contribution in [0.4, 0.5) is 0 Å². The molecule has 0 aliphatic heterocycles. The van der Waals surface area contributed by atoms with Gasteiger partial charge in [-0.2, -0.15) is 15.6 Å². The molecule has 0 saturated heterocycles. The predicted molar refractivity (Wildman–Crippen MR) is 91.1 cm³/mol. The van der Waals surface area contributed by atoms with Gasteiger partial charge in [-0.05, 0) is 43.9 Å². The van der Waals surface area contributed by atoms with E-state index in [0.29, 0.717) is 18.1 Å². The molecule has 0 bridgehead atoms. The quantitative estimate of drug-likeness (QED) is 0.740. The molecule has 2 heterocycles. The molecule has 0 unspecified atom stereocenters. The lowest BCUT2D eigenvalue weighted by Crippen LogP contribution is -2.08. The fraction of sp³-hybridized carbons (Fsp3) is 0.263. The van der Waals surface area contributed by atoms with Crippen LogP contribution in [0.25, 0.3) is 5.69 Å². The second kappa shape index (κ2) is 5.92. The van der Waals surface area contributed by atoms with Crippen molar-refractivity contribution in [2.24, 2.45) is 0 Å². The average Bonchev–Trinajstić information content (AvgIpc) is 3.31. The van der Waals surface area contributed by atoms with Crippen molar-refractivity contribution in [3.63, 3.8) is 0 Å². The molecule has 0 N–H and O–H groups in total. The number of para-hydroxylation sites is 1. The van der Waals surface area contributed by atoms with Crippen LogP contribution in [-0.2, 0) is 19.4 Å². The third kappa shape index (κ3) is 2.40. The molecule has 122 valence electrons. The molecule has 6 heteroatoms. The number of nitrogens with zero attached hydrogens (tertiary/aromatic N) is 6. The Labute approximate surface area is 145 Å². The smallest absolute Gasteiger partial charge is 0.177 e. The van der Waals surface area contributed by atoms with E-state index in [0.717, 1.165) is 30.6 Å². The van der Waals surface area contributed by atoms with Crippen molar-refractivity contribution in [1.82, 2.24) is 19.3 Å². The zero-order valence-electron chi connectivity index (χ0n) is 13.9. The fourth-order valence-electron chi connectivity index (χ4n) is 3.52. The van der Waals surface area contributed by atoms with Crippen LogP contribution in [0.1, 0.15) is 40.6 Å². The lowest BCUT2D eigenvalue weighted by molar-refractivity contribution is 0.694. The largest absolute Gasteiger partial charge is 0.313 e. The van der Waals surface area contributed by atoms with Crippen molar-refractivity contribution >= 4 is 0 Å². The maximum Gasteiger partial charge on any atom is 0.177 e. The SMILES string of the molecule is Cc1nc(C#N)c(C#N)n1Cc1nn(-c2ccccc2)c2c1CCC2. The van der Waals surface area contributed by atoms with Gasteiger partial charge in [0.15, 0.2) is 11.4 Å². The second-order valence-corrected chi connectivity index (χ2v) is 6.14. The molecule has 4 rings (SSSR count). The minimum Gasteiger partial charge on any atom is -0.313 e. The Kier molecular flexibility index (Phi) is 3.59. The lowest BCUT2D eigenvalue weighted by atomic mass is 10.2. The molecule has 0 fully saturated rings. The number of hydrogen-bond acceptors (Lipinski definition) is 4. The van der Waals surface area contributed by atoms with Gasteiger partial charge in [-0.1, -0.05) is 18.2 Å². The summed E-state index contributed by atoms with van der Waals surface area (Å²) < 4.78 is 3.80.